The molecule has 0 heterocycles. The Balaban J connectivity index is 3.10. The third-order valence-corrected chi connectivity index (χ3v) is 3.86. The minimum atomic E-state index is -0.845. The molecule has 0 aliphatic heterocycles. The lowest BCUT2D eigenvalue weighted by atomic mass is 9.93. The van der Waals surface area contributed by atoms with Crippen LogP contribution in [0.1, 0.15) is 45.6 Å². The molecular weight excluding hydrogens is 338 g/mol. The molecule has 0 aliphatic rings. The lowest BCUT2D eigenvalue weighted by Crippen LogP contribution is -2.43. The van der Waals surface area contributed by atoms with Gasteiger partial charge in [-0.25, -0.2) is 4.79 Å². The molecule has 0 fully saturated rings. The number of phenolic OH excluding ortho intramolecular Hbond substituents is 1. The number of ether oxygens (including phenoxy) is 2. The molecule has 1 amide bonds. The van der Waals surface area contributed by atoms with Crippen LogP contribution in [0.5, 0.6) is 5.75 Å². The average molecular weight is 365 g/mol. The van der Waals surface area contributed by atoms with E-state index < -0.39 is 35.4 Å². The Morgan fingerprint density at radius 1 is 1.15 bits per heavy atom. The summed E-state index contributed by atoms with van der Waals surface area (Å²) >= 11 is 0. The van der Waals surface area contributed by atoms with Crippen molar-refractivity contribution in [2.75, 3.05) is 14.2 Å². The highest BCUT2D eigenvalue weighted by Crippen LogP contribution is 2.26. The van der Waals surface area contributed by atoms with E-state index in [0.717, 1.165) is 0 Å². The number of nitrogens with zero attached hydrogens (tertiary/aromatic N) is 1. The Morgan fingerprint density at radius 3 is 2.15 bits per heavy atom. The number of carbonyl (C=O) groups excluding carboxylic acids is 3. The first-order chi connectivity index (χ1) is 12.0. The molecule has 1 aromatic rings. The van der Waals surface area contributed by atoms with Crippen LogP contribution in [0.3, 0.4) is 0 Å². The number of aromatic hydroxyl groups is 1. The highest BCUT2D eigenvalue weighted by Gasteiger charge is 2.32. The van der Waals surface area contributed by atoms with Crippen LogP contribution in [-0.2, 0) is 23.9 Å². The Kier molecular flexibility index (Phi) is 7.18. The molecule has 0 spiro atoms. The van der Waals surface area contributed by atoms with Gasteiger partial charge in [-0.05, 0) is 45.4 Å². The van der Waals surface area contributed by atoms with Crippen LogP contribution < -0.4 is 0 Å². The summed E-state index contributed by atoms with van der Waals surface area (Å²) in [5.41, 5.74) is -0.132. The van der Waals surface area contributed by atoms with E-state index >= 15 is 0 Å². The third kappa shape index (κ3) is 6.06. The Hall–Kier alpha value is -2.57. The maximum Gasteiger partial charge on any atom is 0.328 e. The highest BCUT2D eigenvalue weighted by molar-refractivity contribution is 5.91. The molecule has 2 unspecified atom stereocenters. The van der Waals surface area contributed by atoms with Gasteiger partial charge in [0.05, 0.1) is 19.4 Å². The van der Waals surface area contributed by atoms with Crippen molar-refractivity contribution in [2.24, 2.45) is 0 Å². The maximum absolute atomic E-state index is 12.9. The number of amides is 1. The van der Waals surface area contributed by atoms with Crippen molar-refractivity contribution in [3.8, 4) is 5.75 Å². The van der Waals surface area contributed by atoms with Crippen LogP contribution in [0.2, 0.25) is 0 Å². The second kappa shape index (κ2) is 8.69. The summed E-state index contributed by atoms with van der Waals surface area (Å²) in [6.45, 7) is 6.78. The largest absolute Gasteiger partial charge is 0.508 e. The van der Waals surface area contributed by atoms with E-state index in [0.29, 0.717) is 5.56 Å². The summed E-state index contributed by atoms with van der Waals surface area (Å²) < 4.78 is 10.00. The molecule has 0 aliphatic carbocycles. The quantitative estimate of drug-likeness (QED) is 0.777. The number of carbonyl (C=O) groups is 3. The number of phenols is 1. The predicted molar refractivity (Wildman–Crippen MR) is 95.6 cm³/mol. The molecule has 1 rings (SSSR count). The number of benzene rings is 1. The number of esters is 2. The summed E-state index contributed by atoms with van der Waals surface area (Å²) in [7, 11) is 2.72. The monoisotopic (exact) mass is 365 g/mol. The van der Waals surface area contributed by atoms with Crippen LogP contribution in [0.4, 0.5) is 0 Å². The van der Waals surface area contributed by atoms with Gasteiger partial charge < -0.3 is 19.5 Å². The summed E-state index contributed by atoms with van der Waals surface area (Å²) in [6.07, 6.45) is -0.181. The Morgan fingerprint density at radius 2 is 1.69 bits per heavy atom. The molecule has 0 radical (unpaired) electrons. The van der Waals surface area contributed by atoms with Crippen LogP contribution >= 0.6 is 0 Å². The lowest BCUT2D eigenvalue weighted by molar-refractivity contribution is -0.157. The van der Waals surface area contributed by atoms with Crippen LogP contribution in [0.15, 0.2) is 24.3 Å². The first-order valence-electron chi connectivity index (χ1n) is 8.31. The number of hydrogen-bond acceptors (Lipinski definition) is 6. The summed E-state index contributed by atoms with van der Waals surface area (Å²) in [4.78, 5) is 38.2. The Bertz CT molecular complexity index is 647. The minimum absolute atomic E-state index is 0.0495. The normalized spacial score (nSPS) is 13.5. The van der Waals surface area contributed by atoms with Crippen molar-refractivity contribution in [1.82, 2.24) is 4.90 Å². The lowest BCUT2D eigenvalue weighted by Gasteiger charge is -2.28. The van der Waals surface area contributed by atoms with Crippen LogP contribution in [0, 0.1) is 0 Å². The number of hydrogen-bond donors (Lipinski definition) is 1. The zero-order valence-electron chi connectivity index (χ0n) is 16.1. The van der Waals surface area contributed by atoms with E-state index in [1.165, 1.54) is 31.2 Å². The van der Waals surface area contributed by atoms with Crippen LogP contribution in [-0.4, -0.2) is 53.7 Å². The van der Waals surface area contributed by atoms with E-state index in [2.05, 4.69) is 4.74 Å². The van der Waals surface area contributed by atoms with E-state index in [1.807, 2.05) is 0 Å². The van der Waals surface area contributed by atoms with Crippen molar-refractivity contribution in [3.05, 3.63) is 29.8 Å². The van der Waals surface area contributed by atoms with Gasteiger partial charge in [-0.15, -0.1) is 0 Å². The molecule has 0 bridgehead atoms. The summed E-state index contributed by atoms with van der Waals surface area (Å²) in [5, 5.41) is 9.47. The van der Waals surface area contributed by atoms with E-state index in [4.69, 9.17) is 4.74 Å². The number of likely N-dealkylation sites (N-methyl/N-ethyl adjacent to an activating group) is 1. The zero-order valence-corrected chi connectivity index (χ0v) is 16.1. The summed E-state index contributed by atoms with van der Waals surface area (Å²) in [5.74, 6) is -2.29. The van der Waals surface area contributed by atoms with E-state index in [-0.39, 0.29) is 12.2 Å². The molecule has 1 N–H and O–H groups in total. The highest BCUT2D eigenvalue weighted by atomic mass is 16.6. The first kappa shape index (κ1) is 21.5. The first-order valence-corrected chi connectivity index (χ1v) is 8.31. The molecule has 7 heteroatoms. The van der Waals surface area contributed by atoms with Gasteiger partial charge in [0, 0.05) is 7.05 Å². The molecule has 0 aromatic heterocycles. The molecule has 26 heavy (non-hydrogen) atoms. The SMILES string of the molecule is COC(=O)C(C)N(C)C(=O)C(CC(=O)OC(C)(C)C)c1ccc(O)cc1. The van der Waals surface area contributed by atoms with Gasteiger partial charge in [0.2, 0.25) is 5.91 Å². The molecular formula is C19H27NO6. The molecule has 2 atom stereocenters. The smallest absolute Gasteiger partial charge is 0.328 e. The van der Waals surface area contributed by atoms with Gasteiger partial charge in [0.25, 0.3) is 0 Å². The number of rotatable bonds is 6. The second-order valence-electron chi connectivity index (χ2n) is 7.08. The summed E-state index contributed by atoms with van der Waals surface area (Å²) in [6, 6.07) is 5.21. The van der Waals surface area contributed by atoms with Gasteiger partial charge in [-0.2, -0.15) is 0 Å². The van der Waals surface area contributed by atoms with E-state index in [9.17, 15) is 19.5 Å². The fourth-order valence-corrected chi connectivity index (χ4v) is 2.37. The van der Waals surface area contributed by atoms with Crippen molar-refractivity contribution in [2.45, 2.75) is 51.7 Å². The fourth-order valence-electron chi connectivity index (χ4n) is 2.37. The molecule has 0 saturated heterocycles. The standard InChI is InChI=1S/C19H27NO6/c1-12(18(24)25-6)20(5)17(23)15(11-16(22)26-19(2,3)4)13-7-9-14(21)10-8-13/h7-10,12,15,21H,11H2,1-6H3. The van der Waals surface area contributed by atoms with Gasteiger partial charge in [-0.1, -0.05) is 12.1 Å². The van der Waals surface area contributed by atoms with Crippen molar-refractivity contribution >= 4 is 17.8 Å². The van der Waals surface area contributed by atoms with Crippen molar-refractivity contribution < 1.29 is 29.0 Å². The van der Waals surface area contributed by atoms with Gasteiger partial charge in [0.15, 0.2) is 0 Å². The molecule has 7 nitrogen and oxygen atoms in total. The van der Waals surface area contributed by atoms with E-state index in [1.54, 1.807) is 39.8 Å². The molecule has 144 valence electrons. The fraction of sp³-hybridized carbons (Fsp3) is 0.526. The topological polar surface area (TPSA) is 93.1 Å². The molecule has 0 saturated carbocycles. The Labute approximate surface area is 153 Å². The van der Waals surface area contributed by atoms with Gasteiger partial charge in [-0.3, -0.25) is 9.59 Å². The second-order valence-corrected chi connectivity index (χ2v) is 7.08. The zero-order chi connectivity index (χ0) is 20.1. The van der Waals surface area contributed by atoms with Crippen molar-refractivity contribution in [1.29, 1.82) is 0 Å². The minimum Gasteiger partial charge on any atom is -0.508 e. The number of methoxy groups -OCH3 is 1. The van der Waals surface area contributed by atoms with Gasteiger partial charge >= 0.3 is 11.9 Å². The predicted octanol–water partition coefficient (Wildman–Crippen LogP) is 2.23. The third-order valence-electron chi connectivity index (χ3n) is 3.86. The average Bonchev–Trinajstić information content (AvgIpc) is 2.56. The van der Waals surface area contributed by atoms with Crippen LogP contribution in [0.25, 0.3) is 0 Å². The molecule has 1 aromatic carbocycles. The van der Waals surface area contributed by atoms with Crippen molar-refractivity contribution in [3.63, 3.8) is 0 Å². The maximum atomic E-state index is 12.9. The van der Waals surface area contributed by atoms with Gasteiger partial charge in [0.1, 0.15) is 17.4 Å².